The van der Waals surface area contributed by atoms with Crippen molar-refractivity contribution in [2.45, 2.75) is 6.42 Å². The minimum atomic E-state index is -0.389. The second kappa shape index (κ2) is 8.63. The van der Waals surface area contributed by atoms with E-state index in [2.05, 4.69) is 36.2 Å². The molecule has 2 aromatic heterocycles. The van der Waals surface area contributed by atoms with Crippen molar-refractivity contribution in [3.05, 3.63) is 80.3 Å². The minimum absolute atomic E-state index is 0.249. The second-order valence-corrected chi connectivity index (χ2v) is 8.19. The number of amides is 1. The largest absolute Gasteiger partial charge is 0.494 e. The van der Waals surface area contributed by atoms with E-state index in [0.29, 0.717) is 40.3 Å². The Bertz CT molecular complexity index is 1220. The summed E-state index contributed by atoms with van der Waals surface area (Å²) in [5.41, 5.74) is 2.89. The SMILES string of the molecule is COc1ccc(C(=O)Nc2c(Cl)cncc2Cl)c2nc(Cc3ccc(Br)cc3)[nH]c12. The summed E-state index contributed by atoms with van der Waals surface area (Å²) >= 11 is 15.7. The number of nitrogens with zero attached hydrogens (tertiary/aromatic N) is 2. The summed E-state index contributed by atoms with van der Waals surface area (Å²) < 4.78 is 6.44. The highest BCUT2D eigenvalue weighted by molar-refractivity contribution is 9.10. The van der Waals surface area contributed by atoms with Crippen molar-refractivity contribution in [1.82, 2.24) is 15.0 Å². The van der Waals surface area contributed by atoms with Gasteiger partial charge in [0.1, 0.15) is 22.6 Å². The first-order chi connectivity index (χ1) is 14.5. The van der Waals surface area contributed by atoms with Gasteiger partial charge in [0.25, 0.3) is 5.91 Å². The van der Waals surface area contributed by atoms with Crippen LogP contribution in [0.15, 0.2) is 53.3 Å². The van der Waals surface area contributed by atoms with Crippen molar-refractivity contribution in [3.63, 3.8) is 0 Å². The summed E-state index contributed by atoms with van der Waals surface area (Å²) in [7, 11) is 1.57. The van der Waals surface area contributed by atoms with E-state index < -0.39 is 0 Å². The number of benzene rings is 2. The normalized spacial score (nSPS) is 10.9. The van der Waals surface area contributed by atoms with Crippen molar-refractivity contribution in [2.75, 3.05) is 12.4 Å². The van der Waals surface area contributed by atoms with Crippen LogP contribution >= 0.6 is 39.1 Å². The Morgan fingerprint density at radius 3 is 2.50 bits per heavy atom. The number of H-pyrrole nitrogens is 1. The average Bonchev–Trinajstić information content (AvgIpc) is 3.15. The van der Waals surface area contributed by atoms with Gasteiger partial charge in [0.2, 0.25) is 0 Å². The smallest absolute Gasteiger partial charge is 0.258 e. The number of aromatic nitrogens is 3. The third-order valence-electron chi connectivity index (χ3n) is 4.50. The first-order valence-electron chi connectivity index (χ1n) is 8.86. The minimum Gasteiger partial charge on any atom is -0.494 e. The fraction of sp³-hybridized carbons (Fsp3) is 0.0952. The number of pyridine rings is 1. The van der Waals surface area contributed by atoms with Gasteiger partial charge in [-0.2, -0.15) is 0 Å². The van der Waals surface area contributed by atoms with Crippen molar-refractivity contribution >= 4 is 61.8 Å². The highest BCUT2D eigenvalue weighted by Gasteiger charge is 2.19. The molecular weight excluding hydrogens is 491 g/mol. The van der Waals surface area contributed by atoms with E-state index >= 15 is 0 Å². The van der Waals surface area contributed by atoms with Gasteiger partial charge in [-0.1, -0.05) is 51.3 Å². The number of hydrogen-bond donors (Lipinski definition) is 2. The lowest BCUT2D eigenvalue weighted by Crippen LogP contribution is -2.13. The Kier molecular flexibility index (Phi) is 5.94. The van der Waals surface area contributed by atoms with Crippen LogP contribution in [0.1, 0.15) is 21.7 Å². The molecule has 0 atom stereocenters. The number of anilines is 1. The molecule has 0 fully saturated rings. The van der Waals surface area contributed by atoms with Crippen LogP contribution in [0.3, 0.4) is 0 Å². The Hall–Kier alpha value is -2.61. The summed E-state index contributed by atoms with van der Waals surface area (Å²) in [6, 6.07) is 11.3. The third-order valence-corrected chi connectivity index (χ3v) is 5.60. The van der Waals surface area contributed by atoms with Gasteiger partial charge < -0.3 is 15.0 Å². The number of ether oxygens (including phenoxy) is 1. The maximum atomic E-state index is 13.0. The molecule has 0 unspecified atom stereocenters. The molecule has 0 aliphatic rings. The highest BCUT2D eigenvalue weighted by atomic mass is 79.9. The molecule has 9 heteroatoms. The maximum Gasteiger partial charge on any atom is 0.258 e. The number of rotatable bonds is 5. The Balaban J connectivity index is 1.72. The molecular formula is C21H15BrCl2N4O2. The van der Waals surface area contributed by atoms with Crippen molar-refractivity contribution in [3.8, 4) is 5.75 Å². The molecule has 0 aliphatic heterocycles. The highest BCUT2D eigenvalue weighted by Crippen LogP contribution is 2.31. The van der Waals surface area contributed by atoms with Gasteiger partial charge in [-0.15, -0.1) is 0 Å². The van der Waals surface area contributed by atoms with Crippen LogP contribution in [-0.2, 0) is 6.42 Å². The van der Waals surface area contributed by atoms with Crippen molar-refractivity contribution in [2.24, 2.45) is 0 Å². The zero-order valence-electron chi connectivity index (χ0n) is 15.7. The predicted octanol–water partition coefficient (Wildman–Crippen LogP) is 5.88. The molecule has 2 heterocycles. The van der Waals surface area contributed by atoms with Crippen molar-refractivity contribution < 1.29 is 9.53 Å². The topological polar surface area (TPSA) is 79.9 Å². The van der Waals surface area contributed by atoms with E-state index in [0.717, 1.165) is 10.0 Å². The van der Waals surface area contributed by atoms with E-state index in [9.17, 15) is 4.79 Å². The Morgan fingerprint density at radius 1 is 1.13 bits per heavy atom. The van der Waals surface area contributed by atoms with Crippen LogP contribution in [0.5, 0.6) is 5.75 Å². The van der Waals surface area contributed by atoms with Gasteiger partial charge in [-0.05, 0) is 29.8 Å². The van der Waals surface area contributed by atoms with E-state index in [4.69, 9.17) is 27.9 Å². The van der Waals surface area contributed by atoms with Crippen LogP contribution in [0.4, 0.5) is 5.69 Å². The molecule has 2 N–H and O–H groups in total. The predicted molar refractivity (Wildman–Crippen MR) is 122 cm³/mol. The number of imidazole rings is 1. The summed E-state index contributed by atoms with van der Waals surface area (Å²) in [5.74, 6) is 0.918. The van der Waals surface area contributed by atoms with E-state index in [1.54, 1.807) is 19.2 Å². The standard InChI is InChI=1S/C21H15BrCl2N4O2/c1-30-16-7-6-13(21(29)28-19-14(23)9-25-10-15(19)24)18-20(16)27-17(26-18)8-11-2-4-12(22)5-3-11/h2-7,9-10H,8H2,1H3,(H,26,27)(H,25,28,29). The van der Waals surface area contributed by atoms with E-state index in [-0.39, 0.29) is 16.0 Å². The molecule has 30 heavy (non-hydrogen) atoms. The first-order valence-corrected chi connectivity index (χ1v) is 10.4. The molecule has 0 saturated carbocycles. The number of hydrogen-bond acceptors (Lipinski definition) is 4. The molecule has 0 aliphatic carbocycles. The molecule has 0 bridgehead atoms. The Morgan fingerprint density at radius 2 is 1.83 bits per heavy atom. The maximum absolute atomic E-state index is 13.0. The van der Waals surface area contributed by atoms with Crippen LogP contribution in [0, 0.1) is 0 Å². The fourth-order valence-corrected chi connectivity index (χ4v) is 3.78. The van der Waals surface area contributed by atoms with Gasteiger partial charge in [0.05, 0.1) is 28.4 Å². The molecule has 1 amide bonds. The number of halogens is 3. The van der Waals surface area contributed by atoms with Crippen LogP contribution < -0.4 is 10.1 Å². The molecule has 4 rings (SSSR count). The molecule has 0 spiro atoms. The molecule has 2 aromatic carbocycles. The monoisotopic (exact) mass is 504 g/mol. The number of fused-ring (bicyclic) bond motifs is 1. The van der Waals surface area contributed by atoms with Gasteiger partial charge in [-0.3, -0.25) is 9.78 Å². The first kappa shape index (κ1) is 20.7. The lowest BCUT2D eigenvalue weighted by molar-refractivity contribution is 0.102. The second-order valence-electron chi connectivity index (χ2n) is 6.46. The van der Waals surface area contributed by atoms with Gasteiger partial charge >= 0.3 is 0 Å². The lowest BCUT2D eigenvalue weighted by atomic mass is 10.1. The fourth-order valence-electron chi connectivity index (χ4n) is 3.06. The number of nitrogens with one attached hydrogen (secondary N) is 2. The lowest BCUT2D eigenvalue weighted by Gasteiger charge is -2.10. The number of carbonyl (C=O) groups is 1. The molecule has 152 valence electrons. The average molecular weight is 506 g/mol. The van der Waals surface area contributed by atoms with Crippen LogP contribution in [-0.4, -0.2) is 28.0 Å². The number of methoxy groups -OCH3 is 1. The van der Waals surface area contributed by atoms with Gasteiger partial charge in [0, 0.05) is 23.3 Å². The molecule has 4 aromatic rings. The van der Waals surface area contributed by atoms with Gasteiger partial charge in [0.15, 0.2) is 0 Å². The van der Waals surface area contributed by atoms with Gasteiger partial charge in [-0.25, -0.2) is 4.98 Å². The third kappa shape index (κ3) is 4.14. The molecule has 0 radical (unpaired) electrons. The summed E-state index contributed by atoms with van der Waals surface area (Å²) in [6.45, 7) is 0. The quantitative estimate of drug-likeness (QED) is 0.355. The number of carbonyl (C=O) groups excluding carboxylic acids is 1. The van der Waals surface area contributed by atoms with Crippen LogP contribution in [0.25, 0.3) is 11.0 Å². The van der Waals surface area contributed by atoms with E-state index in [1.165, 1.54) is 12.4 Å². The summed E-state index contributed by atoms with van der Waals surface area (Å²) in [5, 5.41) is 3.24. The van der Waals surface area contributed by atoms with Crippen molar-refractivity contribution in [1.29, 1.82) is 0 Å². The summed E-state index contributed by atoms with van der Waals surface area (Å²) in [6.07, 6.45) is 3.41. The van der Waals surface area contributed by atoms with E-state index in [1.807, 2.05) is 24.3 Å². The molecule has 6 nitrogen and oxygen atoms in total. The van der Waals surface area contributed by atoms with Crippen LogP contribution in [0.2, 0.25) is 10.0 Å². The Labute approximate surface area is 190 Å². The summed E-state index contributed by atoms with van der Waals surface area (Å²) in [4.78, 5) is 24.8. The number of aromatic amines is 1. The zero-order chi connectivity index (χ0) is 21.3. The zero-order valence-corrected chi connectivity index (χ0v) is 18.8. The molecule has 0 saturated heterocycles.